The Kier molecular flexibility index (Phi) is 6.63. The van der Waals surface area contributed by atoms with E-state index in [1.807, 2.05) is 42.5 Å². The molecule has 0 bridgehead atoms. The minimum absolute atomic E-state index is 0.192. The Morgan fingerprint density at radius 3 is 2.36 bits per heavy atom. The first kappa shape index (κ1) is 19.9. The van der Waals surface area contributed by atoms with Gasteiger partial charge < -0.3 is 15.7 Å². The predicted molar refractivity (Wildman–Crippen MR) is 110 cm³/mol. The summed E-state index contributed by atoms with van der Waals surface area (Å²) in [6.07, 6.45) is -0.423. The second kappa shape index (κ2) is 9.35. The van der Waals surface area contributed by atoms with Gasteiger partial charge in [-0.2, -0.15) is 0 Å². The molecule has 5 nitrogen and oxygen atoms in total. The molecule has 0 aromatic heterocycles. The van der Waals surface area contributed by atoms with Crippen LogP contribution in [0.15, 0.2) is 66.7 Å². The van der Waals surface area contributed by atoms with Crippen LogP contribution >= 0.6 is 11.6 Å². The molecule has 0 spiro atoms. The summed E-state index contributed by atoms with van der Waals surface area (Å²) >= 11 is 5.81. The number of carbonyl (C=O) groups excluding carboxylic acids is 2. The van der Waals surface area contributed by atoms with E-state index in [0.29, 0.717) is 11.4 Å². The van der Waals surface area contributed by atoms with Crippen LogP contribution in [0, 0.1) is 0 Å². The predicted octanol–water partition coefficient (Wildman–Crippen LogP) is 3.35. The van der Waals surface area contributed by atoms with Crippen molar-refractivity contribution in [3.63, 3.8) is 0 Å². The van der Waals surface area contributed by atoms with E-state index in [4.69, 9.17) is 11.6 Å². The molecule has 0 aliphatic heterocycles. The summed E-state index contributed by atoms with van der Waals surface area (Å²) in [5.41, 5.74) is 1.65. The molecule has 3 aromatic rings. The molecule has 3 aromatic carbocycles. The number of amides is 2. The fourth-order valence-electron chi connectivity index (χ4n) is 2.96. The highest BCUT2D eigenvalue weighted by atomic mass is 35.5. The number of aliphatic hydroxyl groups is 1. The highest BCUT2D eigenvalue weighted by Gasteiger charge is 2.15. The van der Waals surface area contributed by atoms with Crippen LogP contribution in [0.3, 0.4) is 0 Å². The molecule has 0 saturated carbocycles. The van der Waals surface area contributed by atoms with Crippen LogP contribution in [0.1, 0.15) is 23.7 Å². The van der Waals surface area contributed by atoms with Crippen molar-refractivity contribution < 1.29 is 14.7 Å². The SMILES string of the molecule is O=C(NCC[C@@H](O)c1cccc2ccccc12)C(=O)NCc1ccc(Cl)cc1. The summed E-state index contributed by atoms with van der Waals surface area (Å²) in [4.78, 5) is 23.8. The lowest BCUT2D eigenvalue weighted by Gasteiger charge is -2.14. The third-order valence-electron chi connectivity index (χ3n) is 4.46. The van der Waals surface area contributed by atoms with E-state index in [0.717, 1.165) is 21.9 Å². The van der Waals surface area contributed by atoms with Gasteiger partial charge in [-0.15, -0.1) is 0 Å². The Morgan fingerprint density at radius 2 is 1.57 bits per heavy atom. The van der Waals surface area contributed by atoms with Crippen molar-refractivity contribution >= 4 is 34.2 Å². The van der Waals surface area contributed by atoms with Crippen molar-refractivity contribution in [3.8, 4) is 0 Å². The van der Waals surface area contributed by atoms with Crippen molar-refractivity contribution in [2.75, 3.05) is 6.54 Å². The number of rotatable bonds is 6. The van der Waals surface area contributed by atoms with Gasteiger partial charge in [-0.25, -0.2) is 0 Å². The Labute approximate surface area is 168 Å². The van der Waals surface area contributed by atoms with Gasteiger partial charge in [-0.1, -0.05) is 66.2 Å². The van der Waals surface area contributed by atoms with E-state index in [-0.39, 0.29) is 13.1 Å². The van der Waals surface area contributed by atoms with E-state index in [1.165, 1.54) is 0 Å². The van der Waals surface area contributed by atoms with Gasteiger partial charge in [0.1, 0.15) is 0 Å². The van der Waals surface area contributed by atoms with E-state index < -0.39 is 17.9 Å². The molecule has 3 N–H and O–H groups in total. The fraction of sp³-hybridized carbons (Fsp3) is 0.182. The van der Waals surface area contributed by atoms with Crippen molar-refractivity contribution in [1.82, 2.24) is 10.6 Å². The van der Waals surface area contributed by atoms with Gasteiger partial charge in [0.05, 0.1) is 6.10 Å². The minimum Gasteiger partial charge on any atom is -0.388 e. The molecule has 0 saturated heterocycles. The van der Waals surface area contributed by atoms with Crippen LogP contribution in [0.5, 0.6) is 0 Å². The van der Waals surface area contributed by atoms with Crippen molar-refractivity contribution in [3.05, 3.63) is 82.9 Å². The number of halogens is 1. The van der Waals surface area contributed by atoms with Gasteiger partial charge in [0, 0.05) is 18.1 Å². The van der Waals surface area contributed by atoms with Gasteiger partial charge in [0.15, 0.2) is 0 Å². The zero-order valence-corrected chi connectivity index (χ0v) is 15.9. The van der Waals surface area contributed by atoms with Crippen LogP contribution in [0.25, 0.3) is 10.8 Å². The summed E-state index contributed by atoms with van der Waals surface area (Å²) < 4.78 is 0. The number of nitrogens with one attached hydrogen (secondary N) is 2. The first-order chi connectivity index (χ1) is 13.5. The largest absolute Gasteiger partial charge is 0.388 e. The van der Waals surface area contributed by atoms with Crippen molar-refractivity contribution in [1.29, 1.82) is 0 Å². The fourth-order valence-corrected chi connectivity index (χ4v) is 3.09. The molecule has 3 rings (SSSR count). The van der Waals surface area contributed by atoms with E-state index in [1.54, 1.807) is 24.3 Å². The first-order valence-corrected chi connectivity index (χ1v) is 9.38. The summed E-state index contributed by atoms with van der Waals surface area (Å²) in [6.45, 7) is 0.430. The van der Waals surface area contributed by atoms with Gasteiger partial charge in [-0.3, -0.25) is 9.59 Å². The van der Waals surface area contributed by atoms with Crippen LogP contribution in [-0.4, -0.2) is 23.5 Å². The van der Waals surface area contributed by atoms with Crippen LogP contribution in [-0.2, 0) is 16.1 Å². The average molecular weight is 397 g/mol. The maximum atomic E-state index is 11.9. The van der Waals surface area contributed by atoms with Gasteiger partial charge >= 0.3 is 11.8 Å². The lowest BCUT2D eigenvalue weighted by Crippen LogP contribution is -2.40. The number of aliphatic hydroxyl groups excluding tert-OH is 1. The van der Waals surface area contributed by atoms with E-state index >= 15 is 0 Å². The first-order valence-electron chi connectivity index (χ1n) is 9.01. The smallest absolute Gasteiger partial charge is 0.309 e. The molecular formula is C22H21ClN2O3. The lowest BCUT2D eigenvalue weighted by molar-refractivity contribution is -0.139. The molecule has 0 heterocycles. The second-order valence-electron chi connectivity index (χ2n) is 6.44. The Balaban J connectivity index is 1.47. The molecule has 0 radical (unpaired) electrons. The minimum atomic E-state index is -0.733. The Hall–Kier alpha value is -2.89. The molecule has 0 fully saturated rings. The molecule has 28 heavy (non-hydrogen) atoms. The summed E-state index contributed by atoms with van der Waals surface area (Å²) in [7, 11) is 0. The highest BCUT2D eigenvalue weighted by molar-refractivity contribution is 6.35. The molecule has 6 heteroatoms. The number of carbonyl (C=O) groups is 2. The van der Waals surface area contributed by atoms with E-state index in [2.05, 4.69) is 10.6 Å². The maximum absolute atomic E-state index is 11.9. The standard InChI is InChI=1S/C22H21ClN2O3/c23-17-10-8-15(9-11-17)14-25-22(28)21(27)24-13-12-20(26)19-7-3-5-16-4-1-2-6-18(16)19/h1-11,20,26H,12-14H2,(H,24,27)(H,25,28)/t20-/m1/s1. The van der Waals surface area contributed by atoms with Gasteiger partial charge in [0.25, 0.3) is 0 Å². The topological polar surface area (TPSA) is 78.4 Å². The zero-order chi connectivity index (χ0) is 19.9. The molecule has 0 unspecified atom stereocenters. The van der Waals surface area contributed by atoms with Crippen LogP contribution in [0.4, 0.5) is 0 Å². The van der Waals surface area contributed by atoms with Gasteiger partial charge in [0.2, 0.25) is 0 Å². The second-order valence-corrected chi connectivity index (χ2v) is 6.87. The van der Waals surface area contributed by atoms with Crippen molar-refractivity contribution in [2.45, 2.75) is 19.1 Å². The van der Waals surface area contributed by atoms with E-state index in [9.17, 15) is 14.7 Å². The van der Waals surface area contributed by atoms with Crippen molar-refractivity contribution in [2.24, 2.45) is 0 Å². The molecule has 2 amide bonds. The Bertz CT molecular complexity index is 968. The number of fused-ring (bicyclic) bond motifs is 1. The molecular weight excluding hydrogens is 376 g/mol. The summed E-state index contributed by atoms with van der Waals surface area (Å²) in [5.74, 6) is -1.44. The lowest BCUT2D eigenvalue weighted by atomic mass is 9.99. The monoisotopic (exact) mass is 396 g/mol. The third-order valence-corrected chi connectivity index (χ3v) is 4.71. The molecule has 0 aliphatic rings. The number of hydrogen-bond donors (Lipinski definition) is 3. The maximum Gasteiger partial charge on any atom is 0.309 e. The molecule has 144 valence electrons. The average Bonchev–Trinajstić information content (AvgIpc) is 2.72. The zero-order valence-electron chi connectivity index (χ0n) is 15.2. The summed E-state index contributed by atoms with van der Waals surface area (Å²) in [6, 6.07) is 20.6. The van der Waals surface area contributed by atoms with Crippen LogP contribution < -0.4 is 10.6 Å². The quantitative estimate of drug-likeness (QED) is 0.559. The number of hydrogen-bond acceptors (Lipinski definition) is 3. The normalized spacial score (nSPS) is 11.8. The van der Waals surface area contributed by atoms with Crippen LogP contribution in [0.2, 0.25) is 5.02 Å². The highest BCUT2D eigenvalue weighted by Crippen LogP contribution is 2.25. The Morgan fingerprint density at radius 1 is 0.893 bits per heavy atom. The number of benzene rings is 3. The summed E-state index contributed by atoms with van der Waals surface area (Å²) in [5, 5.41) is 18.2. The molecule has 0 aliphatic carbocycles. The van der Waals surface area contributed by atoms with Gasteiger partial charge in [-0.05, 0) is 40.5 Å². The molecule has 1 atom stereocenters. The third kappa shape index (κ3) is 5.09.